The van der Waals surface area contributed by atoms with Crippen LogP contribution in [0.1, 0.15) is 70.9 Å². The van der Waals surface area contributed by atoms with Crippen molar-refractivity contribution >= 4 is 6.08 Å². The normalized spacial score (nSPS) is 19.1. The second-order valence-corrected chi connectivity index (χ2v) is 7.04. The zero-order valence-electron chi connectivity index (χ0n) is 15.0. The molecule has 1 aromatic carbocycles. The number of benzene rings is 1. The van der Waals surface area contributed by atoms with E-state index < -0.39 is 0 Å². The number of phenols is 1. The van der Waals surface area contributed by atoms with Gasteiger partial charge in [0.1, 0.15) is 17.1 Å². The van der Waals surface area contributed by atoms with E-state index in [9.17, 15) is 5.11 Å². The fourth-order valence-electron chi connectivity index (χ4n) is 3.04. The molecule has 2 nitrogen and oxygen atoms in total. The molecule has 1 N–H and O–H groups in total. The van der Waals surface area contributed by atoms with E-state index in [2.05, 4.69) is 45.9 Å². The van der Waals surface area contributed by atoms with Crippen molar-refractivity contribution in [3.05, 3.63) is 41.0 Å². The van der Waals surface area contributed by atoms with Crippen LogP contribution >= 0.6 is 0 Å². The Morgan fingerprint density at radius 3 is 2.74 bits per heavy atom. The van der Waals surface area contributed by atoms with Crippen LogP contribution in [0.4, 0.5) is 0 Å². The van der Waals surface area contributed by atoms with Crippen molar-refractivity contribution in [2.24, 2.45) is 0 Å². The molecule has 0 radical (unpaired) electrons. The maximum Gasteiger partial charge on any atom is 0.131 e. The van der Waals surface area contributed by atoms with E-state index in [1.54, 1.807) is 6.07 Å². The second kappa shape index (κ2) is 7.72. The van der Waals surface area contributed by atoms with Gasteiger partial charge in [0.25, 0.3) is 0 Å². The van der Waals surface area contributed by atoms with Crippen molar-refractivity contribution in [2.75, 3.05) is 0 Å². The highest BCUT2D eigenvalue weighted by atomic mass is 16.5. The van der Waals surface area contributed by atoms with Crippen molar-refractivity contribution in [1.29, 1.82) is 0 Å². The molecule has 0 aromatic heterocycles. The van der Waals surface area contributed by atoms with E-state index in [-0.39, 0.29) is 5.60 Å². The van der Waals surface area contributed by atoms with Crippen LogP contribution in [0.15, 0.2) is 29.9 Å². The summed E-state index contributed by atoms with van der Waals surface area (Å²) in [5, 5.41) is 10.0. The van der Waals surface area contributed by atoms with Crippen LogP contribution in [0.5, 0.6) is 11.5 Å². The molecule has 0 saturated heterocycles. The number of ether oxygens (including phenoxy) is 1. The summed E-state index contributed by atoms with van der Waals surface area (Å²) < 4.78 is 6.25. The van der Waals surface area contributed by atoms with Crippen LogP contribution in [-0.4, -0.2) is 10.7 Å². The Balaban J connectivity index is 2.16. The molecule has 23 heavy (non-hydrogen) atoms. The molecule has 0 amide bonds. The van der Waals surface area contributed by atoms with Crippen molar-refractivity contribution in [1.82, 2.24) is 0 Å². The Kier molecular flexibility index (Phi) is 5.92. The van der Waals surface area contributed by atoms with E-state index in [4.69, 9.17) is 4.74 Å². The van der Waals surface area contributed by atoms with Crippen LogP contribution < -0.4 is 4.74 Å². The number of hydrogen-bond donors (Lipinski definition) is 1. The maximum atomic E-state index is 10.0. The Labute approximate surface area is 140 Å². The van der Waals surface area contributed by atoms with Crippen LogP contribution in [0, 0.1) is 0 Å². The van der Waals surface area contributed by atoms with Crippen LogP contribution in [0.25, 0.3) is 6.08 Å². The van der Waals surface area contributed by atoms with Crippen molar-refractivity contribution in [3.8, 4) is 11.5 Å². The van der Waals surface area contributed by atoms with Gasteiger partial charge in [-0.3, -0.25) is 0 Å². The van der Waals surface area contributed by atoms with Crippen LogP contribution in [0.3, 0.4) is 0 Å². The highest BCUT2D eigenvalue weighted by Crippen LogP contribution is 2.38. The van der Waals surface area contributed by atoms with Gasteiger partial charge in [0.2, 0.25) is 0 Å². The summed E-state index contributed by atoms with van der Waals surface area (Å²) in [6, 6.07) is 3.63. The molecule has 1 aliphatic rings. The first-order valence-electron chi connectivity index (χ1n) is 8.81. The fraction of sp³-hybridized carbons (Fsp3) is 0.524. The monoisotopic (exact) mass is 314 g/mol. The van der Waals surface area contributed by atoms with E-state index in [1.165, 1.54) is 24.0 Å². The Hall–Kier alpha value is -1.70. The molecule has 0 spiro atoms. The molecule has 1 aliphatic heterocycles. The van der Waals surface area contributed by atoms with Gasteiger partial charge >= 0.3 is 0 Å². The van der Waals surface area contributed by atoms with Crippen molar-refractivity contribution in [3.63, 3.8) is 0 Å². The minimum atomic E-state index is -0.298. The molecular weight excluding hydrogens is 284 g/mol. The topological polar surface area (TPSA) is 29.5 Å². The molecule has 1 aromatic rings. The molecule has 1 unspecified atom stereocenters. The maximum absolute atomic E-state index is 10.0. The smallest absolute Gasteiger partial charge is 0.131 e. The number of hydrogen-bond acceptors (Lipinski definition) is 2. The van der Waals surface area contributed by atoms with Crippen molar-refractivity contribution in [2.45, 2.75) is 71.8 Å². The average molecular weight is 314 g/mol. The Bertz CT molecular complexity index is 594. The van der Waals surface area contributed by atoms with E-state index >= 15 is 0 Å². The third kappa shape index (κ3) is 4.89. The highest BCUT2D eigenvalue weighted by molar-refractivity contribution is 5.66. The SMILES string of the molecule is CCCCCc1cc(O)cc2c1C=CC(C)(CCC=C(C)C)O2. The Morgan fingerprint density at radius 2 is 2.04 bits per heavy atom. The number of aryl methyl sites for hydroxylation is 1. The molecule has 1 heterocycles. The van der Waals surface area contributed by atoms with E-state index in [0.717, 1.165) is 37.0 Å². The first-order chi connectivity index (χ1) is 10.9. The summed E-state index contributed by atoms with van der Waals surface area (Å²) in [6.45, 7) is 8.57. The minimum Gasteiger partial charge on any atom is -0.508 e. The second-order valence-electron chi connectivity index (χ2n) is 7.04. The molecule has 0 fully saturated rings. The number of aromatic hydroxyl groups is 1. The number of phenolic OH excluding ortho intramolecular Hbond substituents is 1. The summed E-state index contributed by atoms with van der Waals surface area (Å²) >= 11 is 0. The van der Waals surface area contributed by atoms with Gasteiger partial charge in [-0.25, -0.2) is 0 Å². The number of fused-ring (bicyclic) bond motifs is 1. The van der Waals surface area contributed by atoms with Gasteiger partial charge in [0.05, 0.1) is 0 Å². The number of allylic oxidation sites excluding steroid dienone is 2. The third-order valence-corrected chi connectivity index (χ3v) is 4.40. The standard InChI is InChI=1S/C21H30O2/c1-5-6-7-10-17-14-18(22)15-20-19(17)11-13-21(4,23-20)12-8-9-16(2)3/h9,11,13-15,22H,5-8,10,12H2,1-4H3. The molecule has 2 heteroatoms. The summed E-state index contributed by atoms with van der Waals surface area (Å²) in [7, 11) is 0. The van der Waals surface area contributed by atoms with Gasteiger partial charge in [0, 0.05) is 11.6 Å². The molecule has 0 saturated carbocycles. The lowest BCUT2D eigenvalue weighted by Gasteiger charge is -2.32. The third-order valence-electron chi connectivity index (χ3n) is 4.40. The van der Waals surface area contributed by atoms with E-state index in [0.29, 0.717) is 5.75 Å². The number of rotatable bonds is 7. The largest absolute Gasteiger partial charge is 0.508 e. The lowest BCUT2D eigenvalue weighted by molar-refractivity contribution is 0.128. The van der Waals surface area contributed by atoms with E-state index in [1.807, 2.05) is 6.07 Å². The molecule has 2 rings (SSSR count). The predicted octanol–water partition coefficient (Wildman–Crippen LogP) is 6.04. The highest BCUT2D eigenvalue weighted by Gasteiger charge is 2.28. The van der Waals surface area contributed by atoms with Gasteiger partial charge in [-0.2, -0.15) is 0 Å². The molecule has 0 bridgehead atoms. The minimum absolute atomic E-state index is 0.298. The van der Waals surface area contributed by atoms with Gasteiger partial charge < -0.3 is 9.84 Å². The lowest BCUT2D eigenvalue weighted by Crippen LogP contribution is -2.31. The Morgan fingerprint density at radius 1 is 1.26 bits per heavy atom. The van der Waals surface area contributed by atoms with Gasteiger partial charge in [0.15, 0.2) is 0 Å². The quantitative estimate of drug-likeness (QED) is 0.491. The van der Waals surface area contributed by atoms with Gasteiger partial charge in [-0.1, -0.05) is 37.5 Å². The molecular formula is C21H30O2. The summed E-state index contributed by atoms with van der Waals surface area (Å²) in [5.41, 5.74) is 3.37. The fourth-order valence-corrected chi connectivity index (χ4v) is 3.04. The molecule has 1 atom stereocenters. The first kappa shape index (κ1) is 17.7. The number of unbranched alkanes of at least 4 members (excludes halogenated alkanes) is 2. The van der Waals surface area contributed by atoms with Gasteiger partial charge in [-0.05, 0) is 64.2 Å². The summed E-state index contributed by atoms with van der Waals surface area (Å²) in [6.07, 6.45) is 13.1. The zero-order chi connectivity index (χ0) is 16.9. The lowest BCUT2D eigenvalue weighted by atomic mass is 9.91. The van der Waals surface area contributed by atoms with Gasteiger partial charge in [-0.15, -0.1) is 0 Å². The summed E-state index contributed by atoms with van der Waals surface area (Å²) in [5.74, 6) is 1.12. The zero-order valence-corrected chi connectivity index (χ0v) is 15.0. The predicted molar refractivity (Wildman–Crippen MR) is 98.1 cm³/mol. The summed E-state index contributed by atoms with van der Waals surface area (Å²) in [4.78, 5) is 0. The van der Waals surface area contributed by atoms with Crippen LogP contribution in [0.2, 0.25) is 0 Å². The molecule has 126 valence electrons. The average Bonchev–Trinajstić information content (AvgIpc) is 2.46. The van der Waals surface area contributed by atoms with Crippen LogP contribution in [-0.2, 0) is 6.42 Å². The van der Waals surface area contributed by atoms with Crippen molar-refractivity contribution < 1.29 is 9.84 Å². The first-order valence-corrected chi connectivity index (χ1v) is 8.81. The molecule has 0 aliphatic carbocycles.